The van der Waals surface area contributed by atoms with Crippen molar-refractivity contribution in [3.8, 4) is 0 Å². The second kappa shape index (κ2) is 8.68. The maximum Gasteiger partial charge on any atom is 0.261 e. The summed E-state index contributed by atoms with van der Waals surface area (Å²) in [5, 5.41) is 6.47. The van der Waals surface area contributed by atoms with Crippen LogP contribution in [0.5, 0.6) is 0 Å². The quantitative estimate of drug-likeness (QED) is 0.783. The molecule has 0 aliphatic heterocycles. The molecule has 1 saturated carbocycles. The van der Waals surface area contributed by atoms with Crippen LogP contribution in [0.1, 0.15) is 35.4 Å². The third-order valence-electron chi connectivity index (χ3n) is 4.63. The summed E-state index contributed by atoms with van der Waals surface area (Å²) < 4.78 is 0.641. The number of carbonyl (C=O) groups is 1. The molecule has 2 aromatic rings. The summed E-state index contributed by atoms with van der Waals surface area (Å²) in [6.07, 6.45) is 6.05. The van der Waals surface area contributed by atoms with E-state index < -0.39 is 0 Å². The van der Waals surface area contributed by atoms with Crippen LogP contribution in [0.15, 0.2) is 24.4 Å². The van der Waals surface area contributed by atoms with Gasteiger partial charge in [0.2, 0.25) is 5.95 Å². The van der Waals surface area contributed by atoms with Crippen molar-refractivity contribution in [2.75, 3.05) is 30.9 Å². The average Bonchev–Trinajstić information content (AvgIpc) is 3.07. The Bertz CT molecular complexity index is 743. The van der Waals surface area contributed by atoms with Crippen LogP contribution in [-0.2, 0) is 0 Å². The third-order valence-corrected chi connectivity index (χ3v) is 5.86. The van der Waals surface area contributed by atoms with Crippen molar-refractivity contribution in [2.45, 2.75) is 31.7 Å². The predicted molar refractivity (Wildman–Crippen MR) is 107 cm³/mol. The molecule has 1 aliphatic carbocycles. The highest BCUT2D eigenvalue weighted by Gasteiger charge is 2.22. The molecule has 0 bridgehead atoms. The lowest BCUT2D eigenvalue weighted by atomic mass is 9.86. The summed E-state index contributed by atoms with van der Waals surface area (Å²) in [5.41, 5.74) is 0. The SMILES string of the molecule is CN(C)c1ccnc(NC2CCC(CNC(=O)c3ccc(Cl)s3)CC2)n1. The Hall–Kier alpha value is -1.86. The van der Waals surface area contributed by atoms with Crippen LogP contribution in [-0.4, -0.2) is 42.6 Å². The lowest BCUT2D eigenvalue weighted by molar-refractivity contribution is 0.0947. The second-order valence-electron chi connectivity index (χ2n) is 6.81. The Morgan fingerprint density at radius 2 is 2.04 bits per heavy atom. The maximum atomic E-state index is 12.1. The average molecular weight is 394 g/mol. The maximum absolute atomic E-state index is 12.1. The number of aromatic nitrogens is 2. The van der Waals surface area contributed by atoms with Gasteiger partial charge in [-0.2, -0.15) is 4.98 Å². The second-order valence-corrected chi connectivity index (χ2v) is 8.52. The standard InChI is InChI=1S/C18H24ClN5OS/c1-24(2)16-9-10-20-18(23-16)22-13-5-3-12(4-6-13)11-21-17(25)14-7-8-15(19)26-14/h7-10,12-13H,3-6,11H2,1-2H3,(H,21,25)(H,20,22,23). The van der Waals surface area contributed by atoms with Crippen LogP contribution < -0.4 is 15.5 Å². The summed E-state index contributed by atoms with van der Waals surface area (Å²) in [4.78, 5) is 23.6. The van der Waals surface area contributed by atoms with E-state index in [-0.39, 0.29) is 5.91 Å². The molecule has 0 atom stereocenters. The molecule has 1 aliphatic rings. The van der Waals surface area contributed by atoms with E-state index in [0.29, 0.717) is 33.7 Å². The Morgan fingerprint density at radius 3 is 2.69 bits per heavy atom. The molecule has 26 heavy (non-hydrogen) atoms. The summed E-state index contributed by atoms with van der Waals surface area (Å²) in [6.45, 7) is 0.716. The number of rotatable bonds is 6. The molecular weight excluding hydrogens is 370 g/mol. The Kier molecular flexibility index (Phi) is 6.32. The summed E-state index contributed by atoms with van der Waals surface area (Å²) in [6, 6.07) is 5.80. The number of halogens is 1. The fourth-order valence-corrected chi connectivity index (χ4v) is 4.08. The van der Waals surface area contributed by atoms with Gasteiger partial charge in [-0.05, 0) is 49.8 Å². The summed E-state index contributed by atoms with van der Waals surface area (Å²) in [7, 11) is 3.94. The zero-order valence-corrected chi connectivity index (χ0v) is 16.6. The lowest BCUT2D eigenvalue weighted by Gasteiger charge is -2.29. The highest BCUT2D eigenvalue weighted by molar-refractivity contribution is 7.17. The van der Waals surface area contributed by atoms with E-state index in [1.807, 2.05) is 25.1 Å². The van der Waals surface area contributed by atoms with Crippen LogP contribution >= 0.6 is 22.9 Å². The molecule has 140 valence electrons. The fourth-order valence-electron chi connectivity index (χ4n) is 3.12. The van der Waals surface area contributed by atoms with Gasteiger partial charge in [0.05, 0.1) is 9.21 Å². The summed E-state index contributed by atoms with van der Waals surface area (Å²) >= 11 is 7.19. The third kappa shape index (κ3) is 5.08. The minimum atomic E-state index is -0.0314. The number of amides is 1. The zero-order valence-electron chi connectivity index (χ0n) is 15.0. The van der Waals surface area contributed by atoms with Crippen molar-refractivity contribution in [1.82, 2.24) is 15.3 Å². The Balaban J connectivity index is 1.43. The van der Waals surface area contributed by atoms with E-state index in [0.717, 1.165) is 31.5 Å². The van der Waals surface area contributed by atoms with E-state index in [9.17, 15) is 4.79 Å². The van der Waals surface area contributed by atoms with E-state index >= 15 is 0 Å². The molecular formula is C18H24ClN5OS. The van der Waals surface area contributed by atoms with Gasteiger partial charge >= 0.3 is 0 Å². The Morgan fingerprint density at radius 1 is 1.27 bits per heavy atom. The molecule has 3 rings (SSSR count). The van der Waals surface area contributed by atoms with E-state index in [4.69, 9.17) is 11.6 Å². The normalized spacial score (nSPS) is 19.8. The van der Waals surface area contributed by atoms with Crippen molar-refractivity contribution >= 4 is 40.6 Å². The molecule has 1 amide bonds. The molecule has 0 aromatic carbocycles. The van der Waals surface area contributed by atoms with Gasteiger partial charge in [-0.15, -0.1) is 11.3 Å². The summed E-state index contributed by atoms with van der Waals surface area (Å²) in [5.74, 6) is 2.06. The fraction of sp³-hybridized carbons (Fsp3) is 0.500. The first-order valence-electron chi connectivity index (χ1n) is 8.81. The lowest BCUT2D eigenvalue weighted by Crippen LogP contribution is -2.34. The van der Waals surface area contributed by atoms with Gasteiger partial charge in [-0.3, -0.25) is 4.79 Å². The van der Waals surface area contributed by atoms with E-state index in [1.165, 1.54) is 11.3 Å². The smallest absolute Gasteiger partial charge is 0.261 e. The molecule has 1 fully saturated rings. The molecule has 0 radical (unpaired) electrons. The minimum absolute atomic E-state index is 0.0314. The highest BCUT2D eigenvalue weighted by Crippen LogP contribution is 2.26. The number of carbonyl (C=O) groups excluding carboxylic acids is 1. The number of hydrogen-bond donors (Lipinski definition) is 2. The Labute approximate surface area is 163 Å². The van der Waals surface area contributed by atoms with Crippen molar-refractivity contribution in [2.24, 2.45) is 5.92 Å². The predicted octanol–water partition coefficient (Wildman–Crippen LogP) is 3.66. The van der Waals surface area contributed by atoms with Gasteiger partial charge in [-0.25, -0.2) is 4.98 Å². The van der Waals surface area contributed by atoms with Gasteiger partial charge in [-0.1, -0.05) is 11.6 Å². The van der Waals surface area contributed by atoms with Crippen LogP contribution in [0.2, 0.25) is 4.34 Å². The first kappa shape index (κ1) is 18.9. The number of anilines is 2. The number of thiophene rings is 1. The van der Waals surface area contributed by atoms with E-state index in [1.54, 1.807) is 18.3 Å². The first-order valence-corrected chi connectivity index (χ1v) is 10.0. The molecule has 2 aromatic heterocycles. The van der Waals surface area contributed by atoms with Gasteiger partial charge in [0, 0.05) is 32.9 Å². The van der Waals surface area contributed by atoms with Gasteiger partial charge in [0.25, 0.3) is 5.91 Å². The molecule has 0 unspecified atom stereocenters. The molecule has 0 saturated heterocycles. The van der Waals surface area contributed by atoms with E-state index in [2.05, 4.69) is 20.6 Å². The molecule has 0 spiro atoms. The van der Waals surface area contributed by atoms with Crippen molar-refractivity contribution in [3.05, 3.63) is 33.6 Å². The number of nitrogens with zero attached hydrogens (tertiary/aromatic N) is 3. The van der Waals surface area contributed by atoms with Crippen molar-refractivity contribution in [1.29, 1.82) is 0 Å². The zero-order chi connectivity index (χ0) is 18.5. The van der Waals surface area contributed by atoms with Gasteiger partial charge in [0.1, 0.15) is 5.82 Å². The molecule has 8 heteroatoms. The molecule has 2 N–H and O–H groups in total. The van der Waals surface area contributed by atoms with Crippen LogP contribution in [0.25, 0.3) is 0 Å². The van der Waals surface area contributed by atoms with Crippen LogP contribution in [0.4, 0.5) is 11.8 Å². The highest BCUT2D eigenvalue weighted by atomic mass is 35.5. The largest absolute Gasteiger partial charge is 0.363 e. The first-order chi connectivity index (χ1) is 12.5. The number of nitrogens with one attached hydrogen (secondary N) is 2. The topological polar surface area (TPSA) is 70.2 Å². The van der Waals surface area contributed by atoms with Crippen molar-refractivity contribution in [3.63, 3.8) is 0 Å². The minimum Gasteiger partial charge on any atom is -0.363 e. The van der Waals surface area contributed by atoms with Gasteiger partial charge in [0.15, 0.2) is 0 Å². The monoisotopic (exact) mass is 393 g/mol. The molecule has 6 nitrogen and oxygen atoms in total. The van der Waals surface area contributed by atoms with Gasteiger partial charge < -0.3 is 15.5 Å². The van der Waals surface area contributed by atoms with Crippen molar-refractivity contribution < 1.29 is 4.79 Å². The molecule has 2 heterocycles. The van der Waals surface area contributed by atoms with Crippen LogP contribution in [0, 0.1) is 5.92 Å². The van der Waals surface area contributed by atoms with Crippen LogP contribution in [0.3, 0.4) is 0 Å². The number of hydrogen-bond acceptors (Lipinski definition) is 6.